The number of benzene rings is 1. The van der Waals surface area contributed by atoms with Crippen molar-refractivity contribution in [1.29, 1.82) is 0 Å². The maximum absolute atomic E-state index is 13.4. The minimum absolute atomic E-state index is 0.186. The van der Waals surface area contributed by atoms with Gasteiger partial charge in [-0.2, -0.15) is 0 Å². The molecule has 0 fully saturated rings. The summed E-state index contributed by atoms with van der Waals surface area (Å²) in [6.07, 6.45) is 4.82. The molecule has 2 rings (SSSR count). The van der Waals surface area contributed by atoms with Crippen molar-refractivity contribution in [2.24, 2.45) is 0 Å². The Morgan fingerprint density at radius 3 is 2.52 bits per heavy atom. The fourth-order valence-electron chi connectivity index (χ4n) is 2.46. The summed E-state index contributed by atoms with van der Waals surface area (Å²) in [5, 5.41) is 0. The highest BCUT2D eigenvalue weighted by Gasteiger charge is 2.08. The summed E-state index contributed by atoms with van der Waals surface area (Å²) in [4.78, 5) is 6.37. The molecule has 1 heterocycles. The standard InChI is InChI=1S/C19H25FN2O/c1-16(2)23-12-4-11-22(14-17-7-9-21-10-8-17)15-18-5-3-6-19(20)13-18/h3,5-10,13,16H,4,11-12,14-15H2,1-2H3. The van der Waals surface area contributed by atoms with E-state index in [0.717, 1.165) is 38.2 Å². The lowest BCUT2D eigenvalue weighted by Gasteiger charge is -2.23. The first-order valence-electron chi connectivity index (χ1n) is 8.11. The van der Waals surface area contributed by atoms with Crippen LogP contribution in [0.3, 0.4) is 0 Å². The van der Waals surface area contributed by atoms with E-state index in [0.29, 0.717) is 0 Å². The maximum atomic E-state index is 13.4. The van der Waals surface area contributed by atoms with E-state index >= 15 is 0 Å². The molecule has 124 valence electrons. The van der Waals surface area contributed by atoms with Gasteiger partial charge in [-0.1, -0.05) is 12.1 Å². The fraction of sp³-hybridized carbons (Fsp3) is 0.421. The molecule has 2 aromatic rings. The van der Waals surface area contributed by atoms with Crippen molar-refractivity contribution in [2.75, 3.05) is 13.2 Å². The Balaban J connectivity index is 1.95. The van der Waals surface area contributed by atoms with Gasteiger partial charge in [-0.05, 0) is 55.7 Å². The van der Waals surface area contributed by atoms with Gasteiger partial charge in [0.2, 0.25) is 0 Å². The van der Waals surface area contributed by atoms with Crippen LogP contribution in [0, 0.1) is 5.82 Å². The Morgan fingerprint density at radius 1 is 1.09 bits per heavy atom. The van der Waals surface area contributed by atoms with Crippen molar-refractivity contribution < 1.29 is 9.13 Å². The number of nitrogens with zero attached hydrogens (tertiary/aromatic N) is 2. The number of hydrogen-bond acceptors (Lipinski definition) is 3. The molecule has 1 aromatic heterocycles. The zero-order valence-electron chi connectivity index (χ0n) is 13.9. The lowest BCUT2D eigenvalue weighted by molar-refractivity contribution is 0.0693. The predicted octanol–water partition coefficient (Wildman–Crippen LogP) is 4.04. The van der Waals surface area contributed by atoms with Gasteiger partial charge in [0.05, 0.1) is 6.10 Å². The molecule has 0 aliphatic carbocycles. The van der Waals surface area contributed by atoms with Gasteiger partial charge < -0.3 is 4.74 Å². The Kier molecular flexibility index (Phi) is 7.17. The van der Waals surface area contributed by atoms with Gasteiger partial charge in [0.25, 0.3) is 0 Å². The van der Waals surface area contributed by atoms with E-state index in [1.54, 1.807) is 24.5 Å². The van der Waals surface area contributed by atoms with Gasteiger partial charge in [0.1, 0.15) is 5.82 Å². The Labute approximate surface area is 138 Å². The van der Waals surface area contributed by atoms with Crippen LogP contribution in [-0.2, 0) is 17.8 Å². The second-order valence-electron chi connectivity index (χ2n) is 5.97. The fourth-order valence-corrected chi connectivity index (χ4v) is 2.46. The largest absolute Gasteiger partial charge is 0.379 e. The normalized spacial score (nSPS) is 11.3. The van der Waals surface area contributed by atoms with E-state index in [1.807, 2.05) is 32.0 Å². The van der Waals surface area contributed by atoms with Crippen molar-refractivity contribution in [1.82, 2.24) is 9.88 Å². The van der Waals surface area contributed by atoms with E-state index in [2.05, 4.69) is 9.88 Å². The molecular weight excluding hydrogens is 291 g/mol. The Bertz CT molecular complexity index is 575. The molecule has 0 radical (unpaired) electrons. The second-order valence-corrected chi connectivity index (χ2v) is 5.97. The summed E-state index contributed by atoms with van der Waals surface area (Å²) in [6, 6.07) is 10.8. The van der Waals surface area contributed by atoms with Crippen molar-refractivity contribution in [3.05, 3.63) is 65.7 Å². The van der Waals surface area contributed by atoms with E-state index in [1.165, 1.54) is 11.6 Å². The molecule has 4 heteroatoms. The van der Waals surface area contributed by atoms with Gasteiger partial charge in [-0.15, -0.1) is 0 Å². The van der Waals surface area contributed by atoms with Crippen LogP contribution in [0.15, 0.2) is 48.8 Å². The van der Waals surface area contributed by atoms with Crippen LogP contribution >= 0.6 is 0 Å². The third kappa shape index (κ3) is 6.89. The van der Waals surface area contributed by atoms with Crippen molar-refractivity contribution in [3.63, 3.8) is 0 Å². The predicted molar refractivity (Wildman–Crippen MR) is 90.5 cm³/mol. The highest BCUT2D eigenvalue weighted by atomic mass is 19.1. The highest BCUT2D eigenvalue weighted by molar-refractivity contribution is 5.17. The molecule has 0 saturated carbocycles. The average molecular weight is 316 g/mol. The lowest BCUT2D eigenvalue weighted by atomic mass is 10.1. The molecule has 23 heavy (non-hydrogen) atoms. The summed E-state index contributed by atoms with van der Waals surface area (Å²) in [5.41, 5.74) is 2.20. The van der Waals surface area contributed by atoms with Gasteiger partial charge in [0, 0.05) is 38.6 Å². The maximum Gasteiger partial charge on any atom is 0.123 e. The Hall–Kier alpha value is -1.78. The van der Waals surface area contributed by atoms with Crippen LogP contribution in [0.4, 0.5) is 4.39 Å². The number of rotatable bonds is 9. The molecule has 0 spiro atoms. The molecule has 3 nitrogen and oxygen atoms in total. The van der Waals surface area contributed by atoms with Crippen molar-refractivity contribution >= 4 is 0 Å². The smallest absolute Gasteiger partial charge is 0.123 e. The van der Waals surface area contributed by atoms with Crippen LogP contribution in [0.25, 0.3) is 0 Å². The Morgan fingerprint density at radius 2 is 1.83 bits per heavy atom. The number of hydrogen-bond donors (Lipinski definition) is 0. The molecule has 0 unspecified atom stereocenters. The first-order valence-corrected chi connectivity index (χ1v) is 8.11. The summed E-state index contributed by atoms with van der Waals surface area (Å²) in [6.45, 7) is 7.28. The first kappa shape index (κ1) is 17.6. The van der Waals surface area contributed by atoms with E-state index < -0.39 is 0 Å². The SMILES string of the molecule is CC(C)OCCCN(Cc1ccncc1)Cc1cccc(F)c1. The molecule has 1 aromatic carbocycles. The summed E-state index contributed by atoms with van der Waals surface area (Å²) in [7, 11) is 0. The molecule has 0 bridgehead atoms. The van der Waals surface area contributed by atoms with Gasteiger partial charge >= 0.3 is 0 Å². The van der Waals surface area contributed by atoms with Gasteiger partial charge in [-0.3, -0.25) is 9.88 Å². The molecule has 0 aliphatic rings. The molecule has 0 saturated heterocycles. The molecule has 0 aliphatic heterocycles. The van der Waals surface area contributed by atoms with E-state index in [4.69, 9.17) is 4.74 Å². The number of ether oxygens (including phenoxy) is 1. The van der Waals surface area contributed by atoms with Crippen LogP contribution in [0.1, 0.15) is 31.4 Å². The van der Waals surface area contributed by atoms with Crippen molar-refractivity contribution in [3.8, 4) is 0 Å². The third-order valence-electron chi connectivity index (χ3n) is 3.52. The number of pyridine rings is 1. The monoisotopic (exact) mass is 316 g/mol. The number of aromatic nitrogens is 1. The van der Waals surface area contributed by atoms with Crippen molar-refractivity contribution in [2.45, 2.75) is 39.5 Å². The summed E-state index contributed by atoms with van der Waals surface area (Å²) < 4.78 is 19.0. The first-order chi connectivity index (χ1) is 11.1. The summed E-state index contributed by atoms with van der Waals surface area (Å²) >= 11 is 0. The van der Waals surface area contributed by atoms with Gasteiger partial charge in [-0.25, -0.2) is 4.39 Å². The molecule has 0 atom stereocenters. The van der Waals surface area contributed by atoms with E-state index in [9.17, 15) is 4.39 Å². The average Bonchev–Trinajstić information content (AvgIpc) is 2.52. The number of halogens is 1. The molecule has 0 N–H and O–H groups in total. The molecular formula is C19H25FN2O. The van der Waals surface area contributed by atoms with Crippen LogP contribution in [0.2, 0.25) is 0 Å². The van der Waals surface area contributed by atoms with E-state index in [-0.39, 0.29) is 11.9 Å². The van der Waals surface area contributed by atoms with Gasteiger partial charge in [0.15, 0.2) is 0 Å². The lowest BCUT2D eigenvalue weighted by Crippen LogP contribution is -2.25. The topological polar surface area (TPSA) is 25.4 Å². The van der Waals surface area contributed by atoms with Crippen LogP contribution in [0.5, 0.6) is 0 Å². The third-order valence-corrected chi connectivity index (χ3v) is 3.52. The minimum atomic E-state index is -0.186. The second kappa shape index (κ2) is 9.38. The minimum Gasteiger partial charge on any atom is -0.379 e. The zero-order chi connectivity index (χ0) is 16.5. The summed E-state index contributed by atoms with van der Waals surface area (Å²) in [5.74, 6) is -0.186. The van der Waals surface area contributed by atoms with Crippen LogP contribution < -0.4 is 0 Å². The molecule has 0 amide bonds. The quantitative estimate of drug-likeness (QED) is 0.653. The van der Waals surface area contributed by atoms with Crippen LogP contribution in [-0.4, -0.2) is 29.1 Å². The highest BCUT2D eigenvalue weighted by Crippen LogP contribution is 2.11. The zero-order valence-corrected chi connectivity index (χ0v) is 13.9.